The fraction of sp³-hybridized carbons (Fsp3) is 0.267. The van der Waals surface area contributed by atoms with Crippen LogP contribution in [-0.2, 0) is 19.1 Å². The van der Waals surface area contributed by atoms with Gasteiger partial charge in [0.25, 0.3) is 5.91 Å². The first-order valence-corrected chi connectivity index (χ1v) is 6.96. The second kappa shape index (κ2) is 8.89. The zero-order valence-electron chi connectivity index (χ0n) is 12.6. The molecule has 6 nitrogen and oxygen atoms in total. The molecule has 0 spiro atoms. The summed E-state index contributed by atoms with van der Waals surface area (Å²) in [4.78, 5) is 35.4. The van der Waals surface area contributed by atoms with Gasteiger partial charge >= 0.3 is 5.97 Å². The van der Waals surface area contributed by atoms with Gasteiger partial charge in [-0.1, -0.05) is 17.7 Å². The van der Waals surface area contributed by atoms with E-state index in [-0.39, 0.29) is 23.0 Å². The molecule has 0 unspecified atom stereocenters. The molecule has 0 radical (unpaired) electrons. The number of rotatable bonds is 6. The van der Waals surface area contributed by atoms with E-state index in [1.165, 1.54) is 38.4 Å². The standard InChI is InChI=1S/C15H16ClFN2O4/c1-18-13(20)8-19(2)14(21)9-23-15(22)7-6-10-11(16)4-3-5-12(10)17/h3-7H,8-9H2,1-2H3,(H,18,20)/b7-6+. The Kier molecular flexibility index (Phi) is 7.21. The summed E-state index contributed by atoms with van der Waals surface area (Å²) in [5.41, 5.74) is 0.0502. The number of carbonyl (C=O) groups is 3. The van der Waals surface area contributed by atoms with Crippen molar-refractivity contribution >= 4 is 35.5 Å². The Balaban J connectivity index is 2.53. The van der Waals surface area contributed by atoms with Gasteiger partial charge in [0.15, 0.2) is 6.61 Å². The maximum absolute atomic E-state index is 13.5. The summed E-state index contributed by atoms with van der Waals surface area (Å²) >= 11 is 5.80. The van der Waals surface area contributed by atoms with Crippen molar-refractivity contribution in [1.29, 1.82) is 0 Å². The molecule has 0 aliphatic rings. The van der Waals surface area contributed by atoms with Gasteiger partial charge in [-0.3, -0.25) is 9.59 Å². The van der Waals surface area contributed by atoms with Gasteiger partial charge in [0.05, 0.1) is 11.6 Å². The average Bonchev–Trinajstić information content (AvgIpc) is 2.51. The number of halogens is 2. The van der Waals surface area contributed by atoms with Gasteiger partial charge in [0.1, 0.15) is 5.82 Å². The molecule has 1 aromatic carbocycles. The van der Waals surface area contributed by atoms with Crippen molar-refractivity contribution in [2.75, 3.05) is 27.2 Å². The molecule has 1 aromatic rings. The molecular weight excluding hydrogens is 327 g/mol. The molecule has 0 heterocycles. The number of hydrogen-bond donors (Lipinski definition) is 1. The maximum atomic E-state index is 13.5. The van der Waals surface area contributed by atoms with Gasteiger partial charge in [0, 0.05) is 25.7 Å². The minimum atomic E-state index is -0.828. The second-order valence-corrected chi connectivity index (χ2v) is 4.91. The van der Waals surface area contributed by atoms with E-state index < -0.39 is 24.3 Å². The van der Waals surface area contributed by atoms with E-state index in [0.29, 0.717) is 0 Å². The molecule has 23 heavy (non-hydrogen) atoms. The van der Waals surface area contributed by atoms with E-state index in [1.54, 1.807) is 0 Å². The lowest BCUT2D eigenvalue weighted by Gasteiger charge is -2.15. The highest BCUT2D eigenvalue weighted by atomic mass is 35.5. The smallest absolute Gasteiger partial charge is 0.331 e. The van der Waals surface area contributed by atoms with Gasteiger partial charge in [0.2, 0.25) is 5.91 Å². The Bertz CT molecular complexity index is 614. The number of nitrogens with zero attached hydrogens (tertiary/aromatic N) is 1. The van der Waals surface area contributed by atoms with E-state index >= 15 is 0 Å². The molecule has 0 fully saturated rings. The van der Waals surface area contributed by atoms with E-state index in [1.807, 2.05) is 0 Å². The number of amides is 2. The first-order valence-electron chi connectivity index (χ1n) is 6.58. The number of benzene rings is 1. The zero-order valence-corrected chi connectivity index (χ0v) is 13.4. The van der Waals surface area contributed by atoms with Gasteiger partial charge < -0.3 is 15.0 Å². The van der Waals surface area contributed by atoms with Gasteiger partial charge in [-0.25, -0.2) is 9.18 Å². The lowest BCUT2D eigenvalue weighted by Crippen LogP contribution is -2.38. The first-order chi connectivity index (χ1) is 10.8. The largest absolute Gasteiger partial charge is 0.452 e. The molecule has 2 amide bonds. The SMILES string of the molecule is CNC(=O)CN(C)C(=O)COC(=O)/C=C/c1c(F)cccc1Cl. The summed E-state index contributed by atoms with van der Waals surface area (Å²) in [7, 11) is 2.85. The van der Waals surface area contributed by atoms with Crippen LogP contribution in [-0.4, -0.2) is 49.9 Å². The Labute approximate surface area is 137 Å². The molecule has 0 saturated carbocycles. The summed E-state index contributed by atoms with van der Waals surface area (Å²) in [5.74, 6) is -2.30. The van der Waals surface area contributed by atoms with Crippen LogP contribution in [0.5, 0.6) is 0 Å². The third-order valence-electron chi connectivity index (χ3n) is 2.81. The van der Waals surface area contributed by atoms with Crippen molar-refractivity contribution in [3.05, 3.63) is 40.7 Å². The summed E-state index contributed by atoms with van der Waals surface area (Å²) in [5, 5.41) is 2.51. The number of carbonyl (C=O) groups excluding carboxylic acids is 3. The zero-order chi connectivity index (χ0) is 17.4. The fourth-order valence-corrected chi connectivity index (χ4v) is 1.72. The molecule has 0 aliphatic carbocycles. The normalized spacial score (nSPS) is 10.4. The van der Waals surface area contributed by atoms with E-state index in [0.717, 1.165) is 11.0 Å². The minimum Gasteiger partial charge on any atom is -0.452 e. The molecule has 0 aromatic heterocycles. The number of esters is 1. The van der Waals surface area contributed by atoms with Crippen LogP contribution in [0.2, 0.25) is 5.02 Å². The van der Waals surface area contributed by atoms with Gasteiger partial charge in [-0.2, -0.15) is 0 Å². The van der Waals surface area contributed by atoms with Crippen LogP contribution in [0.15, 0.2) is 24.3 Å². The summed E-state index contributed by atoms with van der Waals surface area (Å²) in [6.07, 6.45) is 2.13. The molecule has 8 heteroatoms. The Morgan fingerprint density at radius 3 is 2.70 bits per heavy atom. The number of hydrogen-bond acceptors (Lipinski definition) is 4. The molecule has 1 rings (SSSR count). The van der Waals surface area contributed by atoms with Crippen molar-refractivity contribution < 1.29 is 23.5 Å². The van der Waals surface area contributed by atoms with Crippen LogP contribution in [0.3, 0.4) is 0 Å². The third kappa shape index (κ3) is 6.07. The van der Waals surface area contributed by atoms with E-state index in [2.05, 4.69) is 5.32 Å². The maximum Gasteiger partial charge on any atom is 0.331 e. The molecular formula is C15H16ClFN2O4. The molecule has 0 saturated heterocycles. The third-order valence-corrected chi connectivity index (χ3v) is 3.14. The average molecular weight is 343 g/mol. The van der Waals surface area contributed by atoms with Gasteiger partial charge in [-0.05, 0) is 18.2 Å². The molecule has 0 atom stereocenters. The second-order valence-electron chi connectivity index (χ2n) is 4.50. The predicted octanol–water partition coefficient (Wildman–Crippen LogP) is 1.24. The van der Waals surface area contributed by atoms with Crippen LogP contribution in [0.25, 0.3) is 6.08 Å². The van der Waals surface area contributed by atoms with E-state index in [4.69, 9.17) is 16.3 Å². The van der Waals surface area contributed by atoms with Crippen molar-refractivity contribution in [2.24, 2.45) is 0 Å². The summed E-state index contributed by atoms with van der Waals surface area (Å²) < 4.78 is 18.2. The predicted molar refractivity (Wildman–Crippen MR) is 83.1 cm³/mol. The highest BCUT2D eigenvalue weighted by Crippen LogP contribution is 2.20. The Hall–Kier alpha value is -2.41. The first kappa shape index (κ1) is 18.6. The highest BCUT2D eigenvalue weighted by Gasteiger charge is 2.13. The number of ether oxygens (including phenoxy) is 1. The minimum absolute atomic E-state index is 0.0502. The van der Waals surface area contributed by atoms with Crippen molar-refractivity contribution in [3.63, 3.8) is 0 Å². The lowest BCUT2D eigenvalue weighted by molar-refractivity contribution is -0.148. The summed E-state index contributed by atoms with van der Waals surface area (Å²) in [6, 6.07) is 4.12. The fourth-order valence-electron chi connectivity index (χ4n) is 1.50. The summed E-state index contributed by atoms with van der Waals surface area (Å²) in [6.45, 7) is -0.671. The Morgan fingerprint density at radius 1 is 1.39 bits per heavy atom. The highest BCUT2D eigenvalue weighted by molar-refractivity contribution is 6.32. The van der Waals surface area contributed by atoms with Gasteiger partial charge in [-0.15, -0.1) is 0 Å². The topological polar surface area (TPSA) is 75.7 Å². The quantitative estimate of drug-likeness (QED) is 0.623. The lowest BCUT2D eigenvalue weighted by atomic mass is 10.2. The Morgan fingerprint density at radius 2 is 2.09 bits per heavy atom. The van der Waals surface area contributed by atoms with Crippen LogP contribution < -0.4 is 5.32 Å². The van der Waals surface area contributed by atoms with Crippen molar-refractivity contribution in [2.45, 2.75) is 0 Å². The van der Waals surface area contributed by atoms with Crippen molar-refractivity contribution in [3.8, 4) is 0 Å². The van der Waals surface area contributed by atoms with Crippen LogP contribution in [0, 0.1) is 5.82 Å². The number of likely N-dealkylation sites (N-methyl/N-ethyl adjacent to an activating group) is 2. The molecule has 0 aliphatic heterocycles. The van der Waals surface area contributed by atoms with Crippen molar-refractivity contribution in [1.82, 2.24) is 10.2 Å². The van der Waals surface area contributed by atoms with Crippen LogP contribution in [0.1, 0.15) is 5.56 Å². The van der Waals surface area contributed by atoms with Crippen LogP contribution in [0.4, 0.5) is 4.39 Å². The number of nitrogens with one attached hydrogen (secondary N) is 1. The molecule has 124 valence electrons. The molecule has 0 bridgehead atoms. The van der Waals surface area contributed by atoms with Crippen LogP contribution >= 0.6 is 11.6 Å². The monoisotopic (exact) mass is 342 g/mol. The molecule has 1 N–H and O–H groups in total. The van der Waals surface area contributed by atoms with E-state index in [9.17, 15) is 18.8 Å².